The SMILES string of the molecule is CC(=O)Nc1cnn([C@H]2C[C@@H](COCC(=O)N(C)C)N(CC3CCCC3)C2)c1. The largest absolute Gasteiger partial charge is 0.370 e. The molecular formula is C20H33N5O3. The van der Waals surface area contributed by atoms with Crippen molar-refractivity contribution in [3.05, 3.63) is 12.4 Å². The maximum atomic E-state index is 11.8. The minimum absolute atomic E-state index is 0.0103. The number of likely N-dealkylation sites (tertiary alicyclic amines) is 1. The molecule has 2 fully saturated rings. The van der Waals surface area contributed by atoms with Gasteiger partial charge in [0.1, 0.15) is 6.61 Å². The Morgan fingerprint density at radius 1 is 1.32 bits per heavy atom. The number of carbonyl (C=O) groups is 2. The molecule has 2 amide bonds. The Morgan fingerprint density at radius 2 is 2.07 bits per heavy atom. The molecule has 0 spiro atoms. The maximum Gasteiger partial charge on any atom is 0.248 e. The highest BCUT2D eigenvalue weighted by molar-refractivity contribution is 5.88. The Kier molecular flexibility index (Phi) is 7.07. The first-order chi connectivity index (χ1) is 13.4. The van der Waals surface area contributed by atoms with E-state index in [4.69, 9.17) is 4.74 Å². The number of anilines is 1. The lowest BCUT2D eigenvalue weighted by atomic mass is 10.1. The van der Waals surface area contributed by atoms with Crippen LogP contribution in [0.4, 0.5) is 5.69 Å². The number of likely N-dealkylation sites (N-methyl/N-ethyl adjacent to an activating group) is 1. The van der Waals surface area contributed by atoms with Gasteiger partial charge in [-0.2, -0.15) is 5.10 Å². The first-order valence-corrected chi connectivity index (χ1v) is 10.3. The number of ether oxygens (including phenoxy) is 1. The van der Waals surface area contributed by atoms with Gasteiger partial charge in [-0.15, -0.1) is 0 Å². The van der Waals surface area contributed by atoms with Crippen LogP contribution in [0.15, 0.2) is 12.4 Å². The van der Waals surface area contributed by atoms with Gasteiger partial charge in [0.05, 0.1) is 24.5 Å². The van der Waals surface area contributed by atoms with E-state index in [1.54, 1.807) is 25.2 Å². The summed E-state index contributed by atoms with van der Waals surface area (Å²) in [6.45, 7) is 4.19. The molecule has 1 aromatic heterocycles. The summed E-state index contributed by atoms with van der Waals surface area (Å²) in [5.41, 5.74) is 0.728. The van der Waals surface area contributed by atoms with Gasteiger partial charge in [0, 0.05) is 46.3 Å². The lowest BCUT2D eigenvalue weighted by molar-refractivity contribution is -0.134. The molecule has 8 nitrogen and oxygen atoms in total. The average molecular weight is 392 g/mol. The zero-order valence-corrected chi connectivity index (χ0v) is 17.3. The lowest BCUT2D eigenvalue weighted by Crippen LogP contribution is -2.37. The molecule has 2 aliphatic rings. The summed E-state index contributed by atoms with van der Waals surface area (Å²) < 4.78 is 7.71. The van der Waals surface area contributed by atoms with Gasteiger partial charge in [-0.1, -0.05) is 12.8 Å². The third kappa shape index (κ3) is 5.54. The predicted octanol–water partition coefficient (Wildman–Crippen LogP) is 1.75. The van der Waals surface area contributed by atoms with Crippen molar-refractivity contribution in [1.82, 2.24) is 19.6 Å². The molecule has 0 radical (unpaired) electrons. The Labute approximate surface area is 167 Å². The van der Waals surface area contributed by atoms with Gasteiger partial charge in [-0.3, -0.25) is 19.2 Å². The number of carbonyl (C=O) groups excluding carboxylic acids is 2. The summed E-state index contributed by atoms with van der Waals surface area (Å²) in [6, 6.07) is 0.538. The van der Waals surface area contributed by atoms with Gasteiger partial charge >= 0.3 is 0 Å². The van der Waals surface area contributed by atoms with Crippen molar-refractivity contribution in [3.8, 4) is 0 Å². The molecule has 28 heavy (non-hydrogen) atoms. The van der Waals surface area contributed by atoms with Gasteiger partial charge in [0.15, 0.2) is 0 Å². The minimum Gasteiger partial charge on any atom is -0.370 e. The lowest BCUT2D eigenvalue weighted by Gasteiger charge is -2.27. The molecule has 1 saturated heterocycles. The third-order valence-corrected chi connectivity index (χ3v) is 5.80. The van der Waals surface area contributed by atoms with Crippen molar-refractivity contribution >= 4 is 17.5 Å². The van der Waals surface area contributed by atoms with Crippen LogP contribution in [0.1, 0.15) is 45.1 Å². The van der Waals surface area contributed by atoms with Crippen molar-refractivity contribution < 1.29 is 14.3 Å². The van der Waals surface area contributed by atoms with E-state index < -0.39 is 0 Å². The summed E-state index contributed by atoms with van der Waals surface area (Å²) in [4.78, 5) is 27.1. The van der Waals surface area contributed by atoms with Gasteiger partial charge in [-0.05, 0) is 25.2 Å². The first-order valence-electron chi connectivity index (χ1n) is 10.3. The van der Waals surface area contributed by atoms with E-state index in [2.05, 4.69) is 15.3 Å². The van der Waals surface area contributed by atoms with Crippen LogP contribution < -0.4 is 5.32 Å². The fraction of sp³-hybridized carbons (Fsp3) is 0.750. The van der Waals surface area contributed by atoms with E-state index in [0.29, 0.717) is 6.61 Å². The van der Waals surface area contributed by atoms with E-state index in [-0.39, 0.29) is 30.5 Å². The molecule has 1 aliphatic carbocycles. The number of hydrogen-bond acceptors (Lipinski definition) is 5. The number of nitrogens with zero attached hydrogens (tertiary/aromatic N) is 4. The smallest absolute Gasteiger partial charge is 0.248 e. The van der Waals surface area contributed by atoms with E-state index in [1.807, 2.05) is 10.9 Å². The molecule has 1 aliphatic heterocycles. The highest BCUT2D eigenvalue weighted by atomic mass is 16.5. The summed E-state index contributed by atoms with van der Waals surface area (Å²) >= 11 is 0. The van der Waals surface area contributed by atoms with Crippen LogP contribution in [0, 0.1) is 5.92 Å². The standard InChI is InChI=1S/C20H33N5O3/c1-15(26)22-17-9-21-25(11-17)18-8-19(13-28-14-20(27)23(2)3)24(12-18)10-16-6-4-5-7-16/h9,11,16,18-19H,4-8,10,12-14H2,1-3H3,(H,22,26)/t18-,19-/m0/s1. The quantitative estimate of drug-likeness (QED) is 0.730. The molecular weight excluding hydrogens is 358 g/mol. The second-order valence-corrected chi connectivity index (χ2v) is 8.34. The fourth-order valence-corrected chi connectivity index (χ4v) is 4.29. The predicted molar refractivity (Wildman–Crippen MR) is 107 cm³/mol. The monoisotopic (exact) mass is 391 g/mol. The molecule has 0 aromatic carbocycles. The van der Waals surface area contributed by atoms with E-state index in [0.717, 1.165) is 31.1 Å². The number of hydrogen-bond donors (Lipinski definition) is 1. The van der Waals surface area contributed by atoms with Crippen LogP contribution in [0.25, 0.3) is 0 Å². The summed E-state index contributed by atoms with van der Waals surface area (Å²) in [5.74, 6) is 0.659. The number of rotatable bonds is 8. The molecule has 1 aromatic rings. The van der Waals surface area contributed by atoms with Crippen LogP contribution in [0.3, 0.4) is 0 Å². The molecule has 0 unspecified atom stereocenters. The van der Waals surface area contributed by atoms with Crippen LogP contribution in [-0.2, 0) is 14.3 Å². The molecule has 3 rings (SSSR count). The van der Waals surface area contributed by atoms with Crippen LogP contribution >= 0.6 is 0 Å². The van der Waals surface area contributed by atoms with Crippen molar-refractivity contribution in [2.24, 2.45) is 5.92 Å². The van der Waals surface area contributed by atoms with Gasteiger partial charge in [0.2, 0.25) is 11.8 Å². The van der Waals surface area contributed by atoms with Crippen molar-refractivity contribution in [2.75, 3.05) is 45.7 Å². The molecule has 1 saturated carbocycles. The first kappa shape index (κ1) is 20.8. The van der Waals surface area contributed by atoms with E-state index in [9.17, 15) is 9.59 Å². The average Bonchev–Trinajstić information content (AvgIpc) is 3.36. The molecule has 2 atom stereocenters. The highest BCUT2D eigenvalue weighted by Gasteiger charge is 2.35. The molecule has 156 valence electrons. The molecule has 8 heteroatoms. The van der Waals surface area contributed by atoms with Crippen LogP contribution in [0.5, 0.6) is 0 Å². The van der Waals surface area contributed by atoms with Gasteiger partial charge < -0.3 is 15.0 Å². The second kappa shape index (κ2) is 9.52. The Bertz CT molecular complexity index is 669. The summed E-state index contributed by atoms with van der Waals surface area (Å²) in [6.07, 6.45) is 9.81. The van der Waals surface area contributed by atoms with Gasteiger partial charge in [-0.25, -0.2) is 0 Å². The third-order valence-electron chi connectivity index (χ3n) is 5.80. The van der Waals surface area contributed by atoms with Gasteiger partial charge in [0.25, 0.3) is 0 Å². The Morgan fingerprint density at radius 3 is 2.75 bits per heavy atom. The maximum absolute atomic E-state index is 11.8. The summed E-state index contributed by atoms with van der Waals surface area (Å²) in [5, 5.41) is 7.24. The minimum atomic E-state index is -0.0920. The zero-order valence-electron chi connectivity index (χ0n) is 17.3. The van der Waals surface area contributed by atoms with E-state index in [1.165, 1.54) is 32.6 Å². The second-order valence-electron chi connectivity index (χ2n) is 8.34. The van der Waals surface area contributed by atoms with Crippen molar-refractivity contribution in [2.45, 2.75) is 51.1 Å². The Hall–Kier alpha value is -1.93. The number of amides is 2. The topological polar surface area (TPSA) is 79.7 Å². The molecule has 2 heterocycles. The number of nitrogens with one attached hydrogen (secondary N) is 1. The summed E-state index contributed by atoms with van der Waals surface area (Å²) in [7, 11) is 3.49. The normalized spacial score (nSPS) is 23.2. The van der Waals surface area contributed by atoms with Crippen LogP contribution in [0.2, 0.25) is 0 Å². The highest BCUT2D eigenvalue weighted by Crippen LogP contribution is 2.32. The van der Waals surface area contributed by atoms with Crippen molar-refractivity contribution in [3.63, 3.8) is 0 Å². The number of aromatic nitrogens is 2. The zero-order chi connectivity index (χ0) is 20.1. The molecule has 1 N–H and O–H groups in total. The van der Waals surface area contributed by atoms with Crippen LogP contribution in [-0.4, -0.2) is 77.8 Å². The molecule has 0 bridgehead atoms. The Balaban J connectivity index is 1.60. The fourth-order valence-electron chi connectivity index (χ4n) is 4.29. The van der Waals surface area contributed by atoms with Crippen molar-refractivity contribution in [1.29, 1.82) is 0 Å². The van der Waals surface area contributed by atoms with E-state index >= 15 is 0 Å².